The summed E-state index contributed by atoms with van der Waals surface area (Å²) in [5.41, 5.74) is 0. The Bertz CT molecular complexity index is 289. The zero-order valence-electron chi connectivity index (χ0n) is 9.65. The molecule has 1 saturated heterocycles. The minimum Gasteiger partial charge on any atom is -0.304 e. The van der Waals surface area contributed by atoms with E-state index in [0.717, 1.165) is 39.1 Å². The SMILES string of the molecule is CN1CCN(CCCNS(=O)(=O)CBr)CC1. The van der Waals surface area contributed by atoms with Gasteiger partial charge in [0.05, 0.1) is 0 Å². The first-order valence-corrected chi connectivity index (χ1v) is 8.25. The van der Waals surface area contributed by atoms with Gasteiger partial charge in [-0.05, 0) is 20.0 Å². The van der Waals surface area contributed by atoms with E-state index in [0.29, 0.717) is 6.54 Å². The van der Waals surface area contributed by atoms with Gasteiger partial charge in [-0.1, -0.05) is 15.9 Å². The van der Waals surface area contributed by atoms with Crippen molar-refractivity contribution >= 4 is 26.0 Å². The molecule has 0 aromatic carbocycles. The van der Waals surface area contributed by atoms with Crippen molar-refractivity contribution in [2.24, 2.45) is 0 Å². The van der Waals surface area contributed by atoms with Gasteiger partial charge < -0.3 is 9.80 Å². The number of hydrogen-bond acceptors (Lipinski definition) is 4. The Kier molecular flexibility index (Phi) is 6.20. The molecule has 7 heteroatoms. The van der Waals surface area contributed by atoms with Gasteiger partial charge in [-0.25, -0.2) is 13.1 Å². The van der Waals surface area contributed by atoms with Crippen LogP contribution in [0.15, 0.2) is 0 Å². The van der Waals surface area contributed by atoms with Crippen LogP contribution in [-0.2, 0) is 10.0 Å². The summed E-state index contributed by atoms with van der Waals surface area (Å²) < 4.78 is 24.8. The van der Waals surface area contributed by atoms with Crippen molar-refractivity contribution in [2.45, 2.75) is 6.42 Å². The Morgan fingerprint density at radius 3 is 2.44 bits per heavy atom. The van der Waals surface area contributed by atoms with Gasteiger partial charge in [0.25, 0.3) is 0 Å². The molecule has 1 heterocycles. The van der Waals surface area contributed by atoms with Crippen molar-refractivity contribution in [3.05, 3.63) is 0 Å². The van der Waals surface area contributed by atoms with E-state index in [1.807, 2.05) is 0 Å². The van der Waals surface area contributed by atoms with Crippen LogP contribution in [0.25, 0.3) is 0 Å². The molecule has 0 aromatic rings. The van der Waals surface area contributed by atoms with Crippen molar-refractivity contribution in [1.82, 2.24) is 14.5 Å². The second-order valence-electron chi connectivity index (χ2n) is 4.12. The monoisotopic (exact) mass is 313 g/mol. The van der Waals surface area contributed by atoms with Crippen molar-refractivity contribution < 1.29 is 8.42 Å². The van der Waals surface area contributed by atoms with Gasteiger partial charge >= 0.3 is 0 Å². The standard InChI is InChI=1S/C9H20BrN3O2S/c1-12-5-7-13(8-6-12)4-2-3-11-16(14,15)9-10/h11H,2-9H2,1H3. The number of alkyl halides is 1. The lowest BCUT2D eigenvalue weighted by Gasteiger charge is -2.32. The maximum Gasteiger partial charge on any atom is 0.221 e. The van der Waals surface area contributed by atoms with Crippen LogP contribution < -0.4 is 4.72 Å². The molecule has 0 aliphatic carbocycles. The molecule has 0 bridgehead atoms. The van der Waals surface area contributed by atoms with Gasteiger partial charge in [0.15, 0.2) is 0 Å². The average molecular weight is 314 g/mol. The maximum absolute atomic E-state index is 11.1. The number of halogens is 1. The summed E-state index contributed by atoms with van der Waals surface area (Å²) in [6, 6.07) is 0. The molecule has 1 fully saturated rings. The summed E-state index contributed by atoms with van der Waals surface area (Å²) in [6.45, 7) is 5.88. The normalized spacial score (nSPS) is 20.1. The molecule has 0 spiro atoms. The highest BCUT2D eigenvalue weighted by Crippen LogP contribution is 2.00. The number of nitrogens with zero attached hydrogens (tertiary/aromatic N) is 2. The summed E-state index contributed by atoms with van der Waals surface area (Å²) in [4.78, 5) is 4.69. The van der Waals surface area contributed by atoms with Crippen LogP contribution in [0.1, 0.15) is 6.42 Å². The Morgan fingerprint density at radius 1 is 1.25 bits per heavy atom. The number of hydrogen-bond donors (Lipinski definition) is 1. The number of likely N-dealkylation sites (N-methyl/N-ethyl adjacent to an activating group) is 1. The van der Waals surface area contributed by atoms with Crippen LogP contribution in [0.3, 0.4) is 0 Å². The Hall–Kier alpha value is 0.310. The van der Waals surface area contributed by atoms with E-state index < -0.39 is 10.0 Å². The van der Waals surface area contributed by atoms with E-state index in [1.54, 1.807) is 0 Å². The second-order valence-corrected chi connectivity index (χ2v) is 7.23. The Morgan fingerprint density at radius 2 is 1.88 bits per heavy atom. The van der Waals surface area contributed by atoms with Crippen LogP contribution in [0.4, 0.5) is 0 Å². The van der Waals surface area contributed by atoms with Crippen LogP contribution >= 0.6 is 15.9 Å². The molecule has 0 unspecified atom stereocenters. The minimum absolute atomic E-state index is 0.0193. The van der Waals surface area contributed by atoms with E-state index in [2.05, 4.69) is 37.5 Å². The fourth-order valence-electron chi connectivity index (χ4n) is 1.64. The first-order chi connectivity index (χ1) is 7.53. The third-order valence-corrected chi connectivity index (χ3v) is 5.45. The van der Waals surface area contributed by atoms with Gasteiger partial charge in [0.2, 0.25) is 10.0 Å². The predicted octanol–water partition coefficient (Wildman–Crippen LogP) is -0.104. The van der Waals surface area contributed by atoms with Crippen LogP contribution in [0.2, 0.25) is 0 Å². The van der Waals surface area contributed by atoms with Gasteiger partial charge in [-0.2, -0.15) is 0 Å². The van der Waals surface area contributed by atoms with E-state index in [9.17, 15) is 8.42 Å². The van der Waals surface area contributed by atoms with E-state index >= 15 is 0 Å². The fourth-order valence-corrected chi connectivity index (χ4v) is 2.66. The highest BCUT2D eigenvalue weighted by Gasteiger charge is 2.13. The lowest BCUT2D eigenvalue weighted by Crippen LogP contribution is -2.45. The van der Waals surface area contributed by atoms with Crippen molar-refractivity contribution in [2.75, 3.05) is 51.0 Å². The van der Waals surface area contributed by atoms with Crippen LogP contribution in [-0.4, -0.2) is 69.2 Å². The third-order valence-electron chi connectivity index (χ3n) is 2.71. The highest BCUT2D eigenvalue weighted by atomic mass is 79.9. The molecule has 1 aliphatic rings. The molecular formula is C9H20BrN3O2S. The fraction of sp³-hybridized carbons (Fsp3) is 1.00. The van der Waals surface area contributed by atoms with Crippen molar-refractivity contribution in [1.29, 1.82) is 0 Å². The number of nitrogens with one attached hydrogen (secondary N) is 1. The summed E-state index contributed by atoms with van der Waals surface area (Å²) in [7, 11) is -0.965. The zero-order chi connectivity index (χ0) is 12.0. The molecule has 0 radical (unpaired) electrons. The number of piperazine rings is 1. The topological polar surface area (TPSA) is 52.6 Å². The van der Waals surface area contributed by atoms with Gasteiger partial charge in [0.1, 0.15) is 4.66 Å². The molecule has 0 atom stereocenters. The molecule has 0 amide bonds. The average Bonchev–Trinajstić information content (AvgIpc) is 2.27. The summed E-state index contributed by atoms with van der Waals surface area (Å²) in [5.74, 6) is 0. The molecule has 1 rings (SSSR count). The molecule has 0 saturated carbocycles. The van der Waals surface area contributed by atoms with Crippen molar-refractivity contribution in [3.8, 4) is 0 Å². The van der Waals surface area contributed by atoms with Crippen molar-refractivity contribution in [3.63, 3.8) is 0 Å². The maximum atomic E-state index is 11.1. The van der Waals surface area contributed by atoms with E-state index in [-0.39, 0.29) is 4.66 Å². The highest BCUT2D eigenvalue weighted by molar-refractivity contribution is 9.10. The van der Waals surface area contributed by atoms with E-state index in [1.165, 1.54) is 0 Å². The number of rotatable bonds is 6. The third kappa shape index (κ3) is 5.58. The molecule has 1 aliphatic heterocycles. The first kappa shape index (κ1) is 14.4. The molecule has 5 nitrogen and oxygen atoms in total. The quantitative estimate of drug-likeness (QED) is 0.549. The van der Waals surface area contributed by atoms with E-state index in [4.69, 9.17) is 0 Å². The smallest absolute Gasteiger partial charge is 0.221 e. The Labute approximate surface area is 106 Å². The molecule has 1 N–H and O–H groups in total. The lowest BCUT2D eigenvalue weighted by molar-refractivity contribution is 0.153. The van der Waals surface area contributed by atoms with Crippen LogP contribution in [0.5, 0.6) is 0 Å². The molecule has 0 aromatic heterocycles. The minimum atomic E-state index is -3.09. The van der Waals surface area contributed by atoms with Gasteiger partial charge in [0, 0.05) is 32.7 Å². The summed E-state index contributed by atoms with van der Waals surface area (Å²) in [6.07, 6.45) is 0.871. The molecular weight excluding hydrogens is 294 g/mol. The lowest BCUT2D eigenvalue weighted by atomic mass is 10.3. The Balaban J connectivity index is 2.08. The predicted molar refractivity (Wildman–Crippen MR) is 69.3 cm³/mol. The second kappa shape index (κ2) is 6.90. The van der Waals surface area contributed by atoms with Crippen LogP contribution in [0, 0.1) is 0 Å². The molecule has 16 heavy (non-hydrogen) atoms. The van der Waals surface area contributed by atoms with Gasteiger partial charge in [-0.15, -0.1) is 0 Å². The zero-order valence-corrected chi connectivity index (χ0v) is 12.1. The number of sulfonamides is 1. The largest absolute Gasteiger partial charge is 0.304 e. The molecule has 96 valence electrons. The summed E-state index contributed by atoms with van der Waals surface area (Å²) >= 11 is 2.94. The van der Waals surface area contributed by atoms with Gasteiger partial charge in [-0.3, -0.25) is 0 Å². The first-order valence-electron chi connectivity index (χ1n) is 5.48. The summed E-state index contributed by atoms with van der Waals surface area (Å²) in [5, 5.41) is 0.